The Bertz CT molecular complexity index is 590. The Morgan fingerprint density at radius 3 is 2.67 bits per heavy atom. The SMILES string of the molecule is [2H]C([2H])([2H])N1CC(=O)OCCCCC=CCCCCC(=O)NC1=NC(=O)O. The number of cyclic esters (lactones) is 1. The number of esters is 1. The first-order valence-corrected chi connectivity index (χ1v) is 7.90. The van der Waals surface area contributed by atoms with E-state index in [2.05, 4.69) is 10.3 Å². The molecule has 0 saturated heterocycles. The number of ether oxygens (including phenoxy) is 1. The van der Waals surface area contributed by atoms with Gasteiger partial charge >= 0.3 is 12.1 Å². The first kappa shape index (κ1) is 15.2. The highest BCUT2D eigenvalue weighted by Crippen LogP contribution is 2.04. The third-order valence-electron chi connectivity index (χ3n) is 3.22. The van der Waals surface area contributed by atoms with Gasteiger partial charge in [-0.2, -0.15) is 0 Å². The van der Waals surface area contributed by atoms with Crippen molar-refractivity contribution in [1.29, 1.82) is 0 Å². The topological polar surface area (TPSA) is 108 Å². The van der Waals surface area contributed by atoms with E-state index in [1.165, 1.54) is 0 Å². The van der Waals surface area contributed by atoms with Gasteiger partial charge in [-0.25, -0.2) is 4.79 Å². The van der Waals surface area contributed by atoms with E-state index in [9.17, 15) is 14.4 Å². The minimum Gasteiger partial charge on any atom is -0.464 e. The summed E-state index contributed by atoms with van der Waals surface area (Å²) < 4.78 is 27.6. The van der Waals surface area contributed by atoms with Crippen LogP contribution in [0, 0.1) is 0 Å². The van der Waals surface area contributed by atoms with E-state index in [4.69, 9.17) is 14.0 Å². The lowest BCUT2D eigenvalue weighted by Gasteiger charge is -2.20. The van der Waals surface area contributed by atoms with Crippen LogP contribution >= 0.6 is 0 Å². The number of carbonyl (C=O) groups excluding carboxylic acids is 2. The number of carboxylic acid groups (broad SMARTS) is 1. The first-order valence-electron chi connectivity index (χ1n) is 9.40. The van der Waals surface area contributed by atoms with Crippen LogP contribution in [0.3, 0.4) is 0 Å². The van der Waals surface area contributed by atoms with Gasteiger partial charge in [-0.3, -0.25) is 14.9 Å². The van der Waals surface area contributed by atoms with Crippen LogP contribution in [-0.4, -0.2) is 54.1 Å². The molecular formula is C16H25N3O5. The molecule has 24 heavy (non-hydrogen) atoms. The molecule has 0 aromatic carbocycles. The molecule has 2 N–H and O–H groups in total. The molecule has 0 atom stereocenters. The maximum Gasteiger partial charge on any atom is 0.434 e. The predicted molar refractivity (Wildman–Crippen MR) is 88.7 cm³/mol. The number of amides is 2. The summed E-state index contributed by atoms with van der Waals surface area (Å²) >= 11 is 0. The van der Waals surface area contributed by atoms with Crippen molar-refractivity contribution in [3.05, 3.63) is 12.2 Å². The summed E-state index contributed by atoms with van der Waals surface area (Å²) in [6.45, 7) is -3.53. The van der Waals surface area contributed by atoms with E-state index in [1.807, 2.05) is 12.2 Å². The number of rotatable bonds is 0. The number of likely N-dealkylation sites (N-methyl/N-ethyl adjacent to an activating group) is 1. The number of hydrogen-bond acceptors (Lipinski definition) is 4. The lowest BCUT2D eigenvalue weighted by molar-refractivity contribution is -0.144. The fourth-order valence-corrected chi connectivity index (χ4v) is 2.02. The average Bonchev–Trinajstić information content (AvgIpc) is 2.55. The average molecular weight is 342 g/mol. The highest BCUT2D eigenvalue weighted by Gasteiger charge is 2.16. The van der Waals surface area contributed by atoms with Crippen LogP contribution < -0.4 is 5.32 Å². The maximum atomic E-state index is 12.0. The minimum absolute atomic E-state index is 0.0752. The van der Waals surface area contributed by atoms with E-state index in [0.717, 1.165) is 25.7 Å². The Hall–Kier alpha value is -2.38. The number of hydrogen-bond donors (Lipinski definition) is 2. The number of guanidine groups is 1. The summed E-state index contributed by atoms with van der Waals surface area (Å²) in [5, 5.41) is 11.1. The molecule has 8 nitrogen and oxygen atoms in total. The predicted octanol–water partition coefficient (Wildman–Crippen LogP) is 1.91. The van der Waals surface area contributed by atoms with Gasteiger partial charge in [-0.05, 0) is 38.5 Å². The number of nitrogens with zero attached hydrogens (tertiary/aromatic N) is 2. The first-order chi connectivity index (χ1) is 12.7. The molecule has 0 aliphatic carbocycles. The summed E-state index contributed by atoms with van der Waals surface area (Å²) in [6.07, 6.45) is 6.84. The Morgan fingerprint density at radius 1 is 1.29 bits per heavy atom. The third-order valence-corrected chi connectivity index (χ3v) is 3.22. The highest BCUT2D eigenvalue weighted by atomic mass is 16.5. The zero-order valence-electron chi connectivity index (χ0n) is 16.5. The largest absolute Gasteiger partial charge is 0.464 e. The van der Waals surface area contributed by atoms with E-state index in [-0.39, 0.29) is 13.0 Å². The van der Waals surface area contributed by atoms with Crippen molar-refractivity contribution in [2.45, 2.75) is 44.9 Å². The van der Waals surface area contributed by atoms with Crippen LogP contribution in [0.15, 0.2) is 17.1 Å². The van der Waals surface area contributed by atoms with E-state index in [0.29, 0.717) is 17.7 Å². The van der Waals surface area contributed by atoms with Gasteiger partial charge in [0.15, 0.2) is 0 Å². The van der Waals surface area contributed by atoms with Crippen LogP contribution in [0.4, 0.5) is 4.79 Å². The molecule has 0 fully saturated rings. The molecule has 1 aliphatic heterocycles. The third kappa shape index (κ3) is 8.92. The molecular weight excluding hydrogens is 314 g/mol. The molecule has 1 aliphatic rings. The van der Waals surface area contributed by atoms with E-state index < -0.39 is 37.4 Å². The van der Waals surface area contributed by atoms with Gasteiger partial charge in [0.2, 0.25) is 11.9 Å². The normalized spacial score (nSPS) is 23.4. The molecule has 1 heterocycles. The van der Waals surface area contributed by atoms with Gasteiger partial charge in [0, 0.05) is 17.5 Å². The molecule has 2 amide bonds. The highest BCUT2D eigenvalue weighted by molar-refractivity contribution is 6.01. The van der Waals surface area contributed by atoms with Gasteiger partial charge in [-0.15, -0.1) is 4.99 Å². The zero-order chi connectivity index (χ0) is 20.3. The van der Waals surface area contributed by atoms with Gasteiger partial charge in [-0.1, -0.05) is 12.2 Å². The Morgan fingerprint density at radius 2 is 2.00 bits per heavy atom. The molecule has 0 bridgehead atoms. The molecule has 0 radical (unpaired) electrons. The minimum atomic E-state index is -2.90. The van der Waals surface area contributed by atoms with Crippen molar-refractivity contribution >= 4 is 23.9 Å². The van der Waals surface area contributed by atoms with Crippen molar-refractivity contribution < 1.29 is 28.3 Å². The second-order valence-corrected chi connectivity index (χ2v) is 5.29. The van der Waals surface area contributed by atoms with Gasteiger partial charge in [0.25, 0.3) is 0 Å². The van der Waals surface area contributed by atoms with Crippen molar-refractivity contribution in [2.24, 2.45) is 4.99 Å². The Kier molecular flexibility index (Phi) is 7.08. The van der Waals surface area contributed by atoms with Gasteiger partial charge in [0.1, 0.15) is 6.54 Å². The summed E-state index contributed by atoms with van der Waals surface area (Å²) in [5.41, 5.74) is 0. The van der Waals surface area contributed by atoms with E-state index >= 15 is 0 Å². The molecule has 134 valence electrons. The lowest BCUT2D eigenvalue weighted by Crippen LogP contribution is -2.45. The van der Waals surface area contributed by atoms with Crippen molar-refractivity contribution in [3.8, 4) is 0 Å². The van der Waals surface area contributed by atoms with Crippen LogP contribution in [0.1, 0.15) is 49.1 Å². The lowest BCUT2D eigenvalue weighted by atomic mass is 10.1. The van der Waals surface area contributed by atoms with Crippen molar-refractivity contribution in [3.63, 3.8) is 0 Å². The smallest absolute Gasteiger partial charge is 0.434 e. The number of carbonyl (C=O) groups is 3. The number of nitrogens with one attached hydrogen (secondary N) is 1. The number of allylic oxidation sites excluding steroid dienone is 2. The van der Waals surface area contributed by atoms with Gasteiger partial charge < -0.3 is 14.7 Å². The summed E-state index contributed by atoms with van der Waals surface area (Å²) in [5.74, 6) is -2.14. The second kappa shape index (κ2) is 11.2. The standard InChI is InChI=1S/C16H25N3O5/c1-19-12-14(21)24-11-9-7-5-3-2-4-6-8-10-13(20)17-15(19)18-16(22)23/h2-3H,4-12H2,1H3,(H,22,23)(H,17,18,20)/i1D3. The molecule has 0 aromatic heterocycles. The van der Waals surface area contributed by atoms with Crippen LogP contribution in [0.2, 0.25) is 0 Å². The summed E-state index contributed by atoms with van der Waals surface area (Å²) in [4.78, 5) is 38.5. The van der Waals surface area contributed by atoms with Crippen molar-refractivity contribution in [1.82, 2.24) is 10.2 Å². The van der Waals surface area contributed by atoms with Crippen LogP contribution in [0.25, 0.3) is 0 Å². The molecule has 1 rings (SSSR count). The van der Waals surface area contributed by atoms with Crippen LogP contribution in [0.5, 0.6) is 0 Å². The summed E-state index contributed by atoms with van der Waals surface area (Å²) in [6, 6.07) is 0. The molecule has 0 spiro atoms. The fourth-order valence-electron chi connectivity index (χ4n) is 2.02. The maximum absolute atomic E-state index is 12.0. The fraction of sp³-hybridized carbons (Fsp3) is 0.625. The van der Waals surface area contributed by atoms with Crippen LogP contribution in [-0.2, 0) is 14.3 Å². The molecule has 0 unspecified atom stereocenters. The monoisotopic (exact) mass is 342 g/mol. The molecule has 8 heteroatoms. The van der Waals surface area contributed by atoms with E-state index in [1.54, 1.807) is 0 Å². The number of aliphatic imine (C=N–C) groups is 1. The Balaban J connectivity index is 3.00. The zero-order valence-corrected chi connectivity index (χ0v) is 13.5. The van der Waals surface area contributed by atoms with Gasteiger partial charge in [0.05, 0.1) is 6.61 Å². The quantitative estimate of drug-likeness (QED) is 0.514. The Labute approximate surface area is 145 Å². The molecule has 0 saturated carbocycles. The molecule has 0 aromatic rings. The second-order valence-electron chi connectivity index (χ2n) is 5.29. The van der Waals surface area contributed by atoms with Crippen molar-refractivity contribution in [2.75, 3.05) is 20.1 Å². The summed E-state index contributed by atoms with van der Waals surface area (Å²) in [7, 11) is 0.